The normalized spacial score (nSPS) is 15.7. The lowest BCUT2D eigenvalue weighted by molar-refractivity contribution is -0.126. The van der Waals surface area contributed by atoms with Crippen molar-refractivity contribution in [2.24, 2.45) is 5.92 Å². The van der Waals surface area contributed by atoms with Crippen molar-refractivity contribution in [2.75, 3.05) is 24.2 Å². The average Bonchev–Trinajstić information content (AvgIpc) is 3.48. The van der Waals surface area contributed by atoms with E-state index in [-0.39, 0.29) is 34.3 Å². The molecule has 0 saturated carbocycles. The van der Waals surface area contributed by atoms with Crippen LogP contribution >= 0.6 is 0 Å². The van der Waals surface area contributed by atoms with E-state index in [1.54, 1.807) is 36.4 Å². The minimum atomic E-state index is -3.26. The number of carbonyl (C=O) groups is 1. The number of nitrogens with one attached hydrogen (secondary N) is 1. The van der Waals surface area contributed by atoms with Crippen LogP contribution in [0.5, 0.6) is 0 Å². The van der Waals surface area contributed by atoms with Crippen molar-refractivity contribution < 1.29 is 22.0 Å². The fourth-order valence-electron chi connectivity index (χ4n) is 3.87. The van der Waals surface area contributed by atoms with E-state index in [1.165, 1.54) is 6.26 Å². The van der Waals surface area contributed by atoms with Crippen LogP contribution in [-0.2, 0) is 14.6 Å². The summed E-state index contributed by atoms with van der Waals surface area (Å²) >= 11 is 0. The second-order valence-corrected chi connectivity index (χ2v) is 10.1. The predicted molar refractivity (Wildman–Crippen MR) is 120 cm³/mol. The molecule has 2 aromatic heterocycles. The van der Waals surface area contributed by atoms with Crippen molar-refractivity contribution >= 4 is 21.6 Å². The molecule has 4 rings (SSSR count). The number of hydrogen-bond acceptors (Lipinski definition) is 8. The predicted octanol–water partition coefficient (Wildman–Crippen LogP) is 3.30. The highest BCUT2D eigenvalue weighted by molar-refractivity contribution is 7.90. The number of furan rings is 1. The molecule has 33 heavy (non-hydrogen) atoms. The van der Waals surface area contributed by atoms with Gasteiger partial charge in [-0.05, 0) is 49.6 Å². The molecule has 172 valence electrons. The summed E-state index contributed by atoms with van der Waals surface area (Å²) in [4.78, 5) is 19.2. The van der Waals surface area contributed by atoms with E-state index in [2.05, 4.69) is 16.4 Å². The number of benzene rings is 1. The minimum absolute atomic E-state index is 0.0521. The summed E-state index contributed by atoms with van der Waals surface area (Å²) in [5.41, 5.74) is 1.02. The molecular formula is C23H24N4O5S. The van der Waals surface area contributed by atoms with E-state index in [9.17, 15) is 18.5 Å². The number of rotatable bonds is 6. The SMILES string of the molecule is CC(NC(=O)C1CCN(c2oc(-c3ccco3)nc2C#N)CC1)c1ccc(S(C)(=O)=O)cc1. The van der Waals surface area contributed by atoms with E-state index in [4.69, 9.17) is 8.83 Å². The third-order valence-electron chi connectivity index (χ3n) is 5.77. The van der Waals surface area contributed by atoms with Gasteiger partial charge in [-0.2, -0.15) is 10.2 Å². The lowest BCUT2D eigenvalue weighted by Gasteiger charge is -2.31. The first-order chi connectivity index (χ1) is 15.8. The molecule has 3 aromatic rings. The van der Waals surface area contributed by atoms with Crippen LogP contribution in [-0.4, -0.2) is 38.7 Å². The lowest BCUT2D eigenvalue weighted by atomic mass is 9.95. The molecule has 9 nitrogen and oxygen atoms in total. The van der Waals surface area contributed by atoms with E-state index in [1.807, 2.05) is 11.8 Å². The first-order valence-corrected chi connectivity index (χ1v) is 12.5. The molecule has 1 saturated heterocycles. The Morgan fingerprint density at radius 3 is 2.52 bits per heavy atom. The Balaban J connectivity index is 1.36. The van der Waals surface area contributed by atoms with Gasteiger partial charge in [0.1, 0.15) is 6.07 Å². The quantitative estimate of drug-likeness (QED) is 0.583. The van der Waals surface area contributed by atoms with Crippen molar-refractivity contribution in [2.45, 2.75) is 30.7 Å². The second kappa shape index (κ2) is 9.11. The number of hydrogen-bond donors (Lipinski definition) is 1. The number of carbonyl (C=O) groups excluding carboxylic acids is 1. The molecule has 1 aliphatic heterocycles. The van der Waals surface area contributed by atoms with Crippen LogP contribution in [0.3, 0.4) is 0 Å². The zero-order chi connectivity index (χ0) is 23.6. The molecule has 1 aliphatic rings. The van der Waals surface area contributed by atoms with Gasteiger partial charge in [-0.3, -0.25) is 4.79 Å². The van der Waals surface area contributed by atoms with Crippen LogP contribution in [0.1, 0.15) is 37.1 Å². The van der Waals surface area contributed by atoms with Crippen LogP contribution in [0.25, 0.3) is 11.7 Å². The molecule has 0 spiro atoms. The van der Waals surface area contributed by atoms with Gasteiger partial charge in [-0.1, -0.05) is 12.1 Å². The number of nitrogens with zero attached hydrogens (tertiary/aromatic N) is 3. The molecule has 0 radical (unpaired) electrons. The highest BCUT2D eigenvalue weighted by Gasteiger charge is 2.30. The maximum atomic E-state index is 12.8. The van der Waals surface area contributed by atoms with Crippen molar-refractivity contribution in [3.63, 3.8) is 0 Å². The van der Waals surface area contributed by atoms with E-state index in [0.717, 1.165) is 11.8 Å². The molecule has 10 heteroatoms. The molecule has 1 aromatic carbocycles. The number of amides is 1. The van der Waals surface area contributed by atoms with E-state index < -0.39 is 9.84 Å². The summed E-state index contributed by atoms with van der Waals surface area (Å²) in [7, 11) is -3.26. The lowest BCUT2D eigenvalue weighted by Crippen LogP contribution is -2.41. The molecule has 0 bridgehead atoms. The van der Waals surface area contributed by atoms with Gasteiger partial charge < -0.3 is 19.1 Å². The van der Waals surface area contributed by atoms with Crippen LogP contribution in [0, 0.1) is 17.2 Å². The van der Waals surface area contributed by atoms with Crippen molar-refractivity contribution in [1.82, 2.24) is 10.3 Å². The largest absolute Gasteiger partial charge is 0.459 e. The first-order valence-electron chi connectivity index (χ1n) is 10.6. The summed E-state index contributed by atoms with van der Waals surface area (Å²) < 4.78 is 34.3. The zero-order valence-corrected chi connectivity index (χ0v) is 19.1. The van der Waals surface area contributed by atoms with Crippen LogP contribution < -0.4 is 10.2 Å². The Morgan fingerprint density at radius 1 is 1.24 bits per heavy atom. The van der Waals surface area contributed by atoms with E-state index in [0.29, 0.717) is 37.6 Å². The van der Waals surface area contributed by atoms with Crippen molar-refractivity contribution in [3.8, 4) is 17.7 Å². The number of nitriles is 1. The highest BCUT2D eigenvalue weighted by atomic mass is 32.2. The van der Waals surface area contributed by atoms with Gasteiger partial charge in [0.05, 0.1) is 17.2 Å². The summed E-state index contributed by atoms with van der Waals surface area (Å²) in [5.74, 6) is 0.871. The van der Waals surface area contributed by atoms with Gasteiger partial charge in [0.25, 0.3) is 5.89 Å². The Labute approximate surface area is 191 Å². The van der Waals surface area contributed by atoms with Crippen LogP contribution in [0.4, 0.5) is 5.88 Å². The first kappa shape index (κ1) is 22.6. The molecule has 1 atom stereocenters. The van der Waals surface area contributed by atoms with Gasteiger partial charge in [0.2, 0.25) is 17.5 Å². The molecule has 1 fully saturated rings. The highest BCUT2D eigenvalue weighted by Crippen LogP contribution is 2.31. The van der Waals surface area contributed by atoms with Gasteiger partial charge in [-0.25, -0.2) is 8.42 Å². The van der Waals surface area contributed by atoms with Gasteiger partial charge in [0.15, 0.2) is 15.6 Å². The number of piperidine rings is 1. The number of oxazole rings is 1. The van der Waals surface area contributed by atoms with Gasteiger partial charge in [-0.15, -0.1) is 0 Å². The maximum Gasteiger partial charge on any atom is 0.266 e. The Kier molecular flexibility index (Phi) is 6.24. The van der Waals surface area contributed by atoms with Gasteiger partial charge >= 0.3 is 0 Å². The van der Waals surface area contributed by atoms with Crippen LogP contribution in [0.2, 0.25) is 0 Å². The zero-order valence-electron chi connectivity index (χ0n) is 18.3. The number of anilines is 1. The maximum absolute atomic E-state index is 12.8. The molecule has 1 N–H and O–H groups in total. The molecule has 1 amide bonds. The molecule has 1 unspecified atom stereocenters. The number of sulfone groups is 1. The topological polar surface area (TPSA) is 129 Å². The smallest absolute Gasteiger partial charge is 0.266 e. The average molecular weight is 469 g/mol. The summed E-state index contributed by atoms with van der Waals surface area (Å²) in [6, 6.07) is 11.8. The van der Waals surface area contributed by atoms with Crippen molar-refractivity contribution in [3.05, 3.63) is 53.9 Å². The summed E-state index contributed by atoms with van der Waals surface area (Å²) in [6.07, 6.45) is 3.88. The third kappa shape index (κ3) is 4.93. The molecule has 0 aliphatic carbocycles. The molecule has 3 heterocycles. The van der Waals surface area contributed by atoms with Gasteiger partial charge in [0, 0.05) is 25.3 Å². The second-order valence-electron chi connectivity index (χ2n) is 8.09. The van der Waals surface area contributed by atoms with Crippen LogP contribution in [0.15, 0.2) is 56.4 Å². The summed E-state index contributed by atoms with van der Waals surface area (Å²) in [6.45, 7) is 2.97. The third-order valence-corrected chi connectivity index (χ3v) is 6.90. The Morgan fingerprint density at radius 2 is 1.94 bits per heavy atom. The van der Waals surface area contributed by atoms with E-state index >= 15 is 0 Å². The Bertz CT molecular complexity index is 1270. The fraction of sp³-hybridized carbons (Fsp3) is 0.348. The minimum Gasteiger partial charge on any atom is -0.459 e. The Hall–Kier alpha value is -3.58. The van der Waals surface area contributed by atoms with Crippen molar-refractivity contribution in [1.29, 1.82) is 5.26 Å². The monoisotopic (exact) mass is 468 g/mol. The number of aromatic nitrogens is 1. The fourth-order valence-corrected chi connectivity index (χ4v) is 4.50. The standard InChI is InChI=1S/C23H24N4O5S/c1-15(16-5-7-18(8-6-16)33(2,29)30)25-21(28)17-9-11-27(12-10-17)23-19(14-24)26-22(32-23)20-4-3-13-31-20/h3-8,13,15,17H,9-12H2,1-2H3,(H,25,28). The summed E-state index contributed by atoms with van der Waals surface area (Å²) in [5, 5.41) is 12.5. The molecular weight excluding hydrogens is 444 g/mol.